The van der Waals surface area contributed by atoms with Gasteiger partial charge >= 0.3 is 0 Å². The molecule has 0 aliphatic rings. The molecule has 1 amide bonds. The molecular weight excluding hydrogens is 578 g/mol. The number of aliphatic hydroxyl groups excluding tert-OH is 2. The molecule has 4 heteroatoms. The quantitative estimate of drug-likeness (QED) is 0.0453. The first kappa shape index (κ1) is 46.1. The first-order valence-corrected chi connectivity index (χ1v) is 21.4. The summed E-state index contributed by atoms with van der Waals surface area (Å²) < 4.78 is 0. The van der Waals surface area contributed by atoms with Crippen LogP contribution in [0, 0.1) is 0 Å². The molecule has 4 nitrogen and oxygen atoms in total. The average molecular weight is 664 g/mol. The van der Waals surface area contributed by atoms with Gasteiger partial charge in [0.15, 0.2) is 0 Å². The zero-order chi connectivity index (χ0) is 34.3. The van der Waals surface area contributed by atoms with Crippen LogP contribution in [-0.2, 0) is 4.79 Å². The lowest BCUT2D eigenvalue weighted by molar-refractivity contribution is -0.123. The SMILES string of the molecule is CCCCCCCC/C=C\CCCCCCCCCCCC(=O)NC(CO)C(O)CCCCCCCCCCCCCCCCCC. The van der Waals surface area contributed by atoms with Crippen LogP contribution in [0.2, 0.25) is 0 Å². The topological polar surface area (TPSA) is 69.6 Å². The van der Waals surface area contributed by atoms with Crippen molar-refractivity contribution in [2.75, 3.05) is 6.61 Å². The highest BCUT2D eigenvalue weighted by atomic mass is 16.3. The summed E-state index contributed by atoms with van der Waals surface area (Å²) in [5.74, 6) is -0.0314. The van der Waals surface area contributed by atoms with Gasteiger partial charge < -0.3 is 15.5 Å². The van der Waals surface area contributed by atoms with E-state index in [0.29, 0.717) is 12.8 Å². The van der Waals surface area contributed by atoms with Crippen molar-refractivity contribution in [3.05, 3.63) is 12.2 Å². The summed E-state index contributed by atoms with van der Waals surface area (Å²) in [4.78, 5) is 12.4. The fourth-order valence-corrected chi connectivity index (χ4v) is 6.71. The van der Waals surface area contributed by atoms with E-state index in [-0.39, 0.29) is 12.5 Å². The maximum absolute atomic E-state index is 12.4. The van der Waals surface area contributed by atoms with E-state index >= 15 is 0 Å². The molecule has 280 valence electrons. The molecule has 47 heavy (non-hydrogen) atoms. The second-order valence-electron chi connectivity index (χ2n) is 14.8. The van der Waals surface area contributed by atoms with Crippen LogP contribution in [0.15, 0.2) is 12.2 Å². The minimum absolute atomic E-state index is 0.0314. The lowest BCUT2D eigenvalue weighted by Crippen LogP contribution is -2.45. The highest BCUT2D eigenvalue weighted by Gasteiger charge is 2.20. The number of carbonyl (C=O) groups is 1. The van der Waals surface area contributed by atoms with Gasteiger partial charge in [0.1, 0.15) is 0 Å². The zero-order valence-electron chi connectivity index (χ0n) is 32.1. The minimum Gasteiger partial charge on any atom is -0.394 e. The molecule has 2 atom stereocenters. The van der Waals surface area contributed by atoms with Crippen LogP contribution in [0.25, 0.3) is 0 Å². The summed E-state index contributed by atoms with van der Waals surface area (Å²) in [5.41, 5.74) is 0. The molecule has 0 aromatic rings. The van der Waals surface area contributed by atoms with Crippen molar-refractivity contribution in [1.29, 1.82) is 0 Å². The number of hydrogen-bond acceptors (Lipinski definition) is 3. The van der Waals surface area contributed by atoms with Crippen molar-refractivity contribution < 1.29 is 15.0 Å². The van der Waals surface area contributed by atoms with Crippen LogP contribution in [0.4, 0.5) is 0 Å². The van der Waals surface area contributed by atoms with Gasteiger partial charge in [-0.2, -0.15) is 0 Å². The van der Waals surface area contributed by atoms with E-state index in [1.54, 1.807) is 0 Å². The Morgan fingerprint density at radius 2 is 0.809 bits per heavy atom. The molecule has 0 rings (SSSR count). The summed E-state index contributed by atoms with van der Waals surface area (Å²) in [6, 6.07) is -0.533. The van der Waals surface area contributed by atoms with Gasteiger partial charge in [-0.1, -0.05) is 206 Å². The molecule has 0 aromatic heterocycles. The Bertz CT molecular complexity index is 637. The number of carbonyl (C=O) groups excluding carboxylic acids is 1. The molecule has 0 aliphatic heterocycles. The Morgan fingerprint density at radius 1 is 0.489 bits per heavy atom. The number of rotatable bonds is 39. The van der Waals surface area contributed by atoms with Crippen LogP contribution in [-0.4, -0.2) is 34.9 Å². The molecule has 0 saturated carbocycles. The Kier molecular flexibility index (Phi) is 38.8. The first-order valence-electron chi connectivity index (χ1n) is 21.4. The zero-order valence-corrected chi connectivity index (χ0v) is 32.1. The van der Waals surface area contributed by atoms with Gasteiger partial charge in [0.05, 0.1) is 18.8 Å². The summed E-state index contributed by atoms with van der Waals surface area (Å²) in [6.45, 7) is 4.37. The molecule has 0 saturated heterocycles. The Hall–Kier alpha value is -0.870. The van der Waals surface area contributed by atoms with Crippen molar-refractivity contribution in [3.63, 3.8) is 0 Å². The molecule has 0 bridgehead atoms. The summed E-state index contributed by atoms with van der Waals surface area (Å²) in [5, 5.41) is 23.2. The fraction of sp³-hybridized carbons (Fsp3) is 0.930. The number of unbranched alkanes of at least 4 members (excludes halogenated alkanes) is 30. The lowest BCUT2D eigenvalue weighted by atomic mass is 10.0. The number of allylic oxidation sites excluding steroid dienone is 2. The van der Waals surface area contributed by atoms with Crippen LogP contribution >= 0.6 is 0 Å². The van der Waals surface area contributed by atoms with E-state index < -0.39 is 12.1 Å². The lowest BCUT2D eigenvalue weighted by Gasteiger charge is -2.22. The highest BCUT2D eigenvalue weighted by molar-refractivity contribution is 5.76. The van der Waals surface area contributed by atoms with E-state index in [0.717, 1.165) is 25.7 Å². The van der Waals surface area contributed by atoms with Crippen LogP contribution < -0.4 is 5.32 Å². The number of nitrogens with one attached hydrogen (secondary N) is 1. The maximum atomic E-state index is 12.4. The van der Waals surface area contributed by atoms with Crippen molar-refractivity contribution in [2.24, 2.45) is 0 Å². The second kappa shape index (κ2) is 39.6. The maximum Gasteiger partial charge on any atom is 0.220 e. The predicted molar refractivity (Wildman–Crippen MR) is 207 cm³/mol. The Morgan fingerprint density at radius 3 is 1.17 bits per heavy atom. The smallest absolute Gasteiger partial charge is 0.220 e. The first-order chi connectivity index (χ1) is 23.2. The third-order valence-electron chi connectivity index (χ3n) is 10.0. The Balaban J connectivity index is 3.50. The van der Waals surface area contributed by atoms with E-state index in [2.05, 4.69) is 31.3 Å². The van der Waals surface area contributed by atoms with Gasteiger partial charge in [0, 0.05) is 6.42 Å². The van der Waals surface area contributed by atoms with E-state index in [1.165, 1.54) is 186 Å². The molecule has 0 spiro atoms. The summed E-state index contributed by atoms with van der Waals surface area (Å²) in [7, 11) is 0. The van der Waals surface area contributed by atoms with Gasteiger partial charge in [0.2, 0.25) is 5.91 Å². The fourth-order valence-electron chi connectivity index (χ4n) is 6.71. The van der Waals surface area contributed by atoms with E-state index in [4.69, 9.17) is 0 Å². The van der Waals surface area contributed by atoms with Gasteiger partial charge in [-0.15, -0.1) is 0 Å². The molecule has 0 radical (unpaired) electrons. The largest absolute Gasteiger partial charge is 0.394 e. The van der Waals surface area contributed by atoms with E-state index in [9.17, 15) is 15.0 Å². The normalized spacial score (nSPS) is 13.0. The molecule has 3 N–H and O–H groups in total. The monoisotopic (exact) mass is 664 g/mol. The second-order valence-corrected chi connectivity index (χ2v) is 14.8. The van der Waals surface area contributed by atoms with Gasteiger partial charge in [-0.05, 0) is 38.5 Å². The molecule has 0 fully saturated rings. The number of hydrogen-bond donors (Lipinski definition) is 3. The standard InChI is InChI=1S/C43H85NO3/c1-3-5-7-9-11-13-15-17-19-21-22-23-25-27-29-31-33-35-37-39-43(47)44-41(40-45)42(46)38-36-34-32-30-28-26-24-20-18-16-14-12-10-8-6-4-2/h17,19,41-42,45-46H,3-16,18,20-40H2,1-2H3,(H,44,47)/b19-17-. The third-order valence-corrected chi connectivity index (χ3v) is 10.0. The van der Waals surface area contributed by atoms with Crippen molar-refractivity contribution in [1.82, 2.24) is 5.32 Å². The summed E-state index contributed by atoms with van der Waals surface area (Å²) in [6.07, 6.45) is 48.5. The van der Waals surface area contributed by atoms with Crippen LogP contribution in [0.3, 0.4) is 0 Å². The Labute approximate surface area is 295 Å². The molecule has 0 aromatic carbocycles. The molecule has 0 heterocycles. The third kappa shape index (κ3) is 36.2. The van der Waals surface area contributed by atoms with E-state index in [1.807, 2.05) is 0 Å². The van der Waals surface area contributed by atoms with Gasteiger partial charge in [-0.3, -0.25) is 4.79 Å². The molecule has 2 unspecified atom stereocenters. The average Bonchev–Trinajstić information content (AvgIpc) is 3.07. The van der Waals surface area contributed by atoms with Gasteiger partial charge in [-0.25, -0.2) is 0 Å². The highest BCUT2D eigenvalue weighted by Crippen LogP contribution is 2.16. The number of amides is 1. The minimum atomic E-state index is -0.656. The van der Waals surface area contributed by atoms with Crippen LogP contribution in [0.5, 0.6) is 0 Å². The number of aliphatic hydroxyl groups is 2. The van der Waals surface area contributed by atoms with Crippen molar-refractivity contribution in [2.45, 2.75) is 251 Å². The van der Waals surface area contributed by atoms with Crippen LogP contribution in [0.1, 0.15) is 239 Å². The molecular formula is C43H85NO3. The predicted octanol–water partition coefficient (Wildman–Crippen LogP) is 13.1. The van der Waals surface area contributed by atoms with Gasteiger partial charge in [0.25, 0.3) is 0 Å². The van der Waals surface area contributed by atoms with Crippen molar-refractivity contribution in [3.8, 4) is 0 Å². The summed E-state index contributed by atoms with van der Waals surface area (Å²) >= 11 is 0. The van der Waals surface area contributed by atoms with Crippen molar-refractivity contribution >= 4 is 5.91 Å². The molecule has 0 aliphatic carbocycles.